The van der Waals surface area contributed by atoms with Crippen molar-refractivity contribution in [3.63, 3.8) is 0 Å². The Morgan fingerprint density at radius 3 is 2.00 bits per heavy atom. The topological polar surface area (TPSA) is 16.4 Å². The molecule has 2 heteroatoms. The number of benzene rings is 7. The van der Waals surface area contributed by atoms with E-state index in [-0.39, 0.29) is 10.8 Å². The van der Waals surface area contributed by atoms with Crippen molar-refractivity contribution in [2.24, 2.45) is 23.7 Å². The van der Waals surface area contributed by atoms with Crippen LogP contribution in [0, 0.1) is 23.7 Å². The normalized spacial score (nSPS) is 24.2. The van der Waals surface area contributed by atoms with Gasteiger partial charge in [0, 0.05) is 38.5 Å². The van der Waals surface area contributed by atoms with Crippen molar-refractivity contribution in [3.05, 3.63) is 174 Å². The second-order valence-electron chi connectivity index (χ2n) is 18.5. The fourth-order valence-corrected chi connectivity index (χ4v) is 13.3. The summed E-state index contributed by atoms with van der Waals surface area (Å²) in [6.45, 7) is 4.75. The van der Waals surface area contributed by atoms with E-state index in [9.17, 15) is 0 Å². The average Bonchev–Trinajstić information content (AvgIpc) is 3.84. The molecule has 0 atom stereocenters. The minimum absolute atomic E-state index is 0.0379. The van der Waals surface area contributed by atoms with Crippen molar-refractivity contribution < 1.29 is 4.42 Å². The minimum atomic E-state index is -0.0564. The molecule has 0 unspecified atom stereocenters. The van der Waals surface area contributed by atoms with E-state index in [0.29, 0.717) is 11.8 Å². The van der Waals surface area contributed by atoms with E-state index in [0.717, 1.165) is 39.5 Å². The highest BCUT2D eigenvalue weighted by molar-refractivity contribution is 6.07. The molecule has 7 aromatic carbocycles. The Morgan fingerprint density at radius 1 is 0.474 bits per heavy atom. The van der Waals surface area contributed by atoms with E-state index < -0.39 is 0 Å². The number of rotatable bonds is 4. The molecule has 276 valence electrons. The lowest BCUT2D eigenvalue weighted by Gasteiger charge is -2.61. The van der Waals surface area contributed by atoms with Gasteiger partial charge in [-0.15, -0.1) is 0 Å². The molecule has 1 aromatic heterocycles. The zero-order chi connectivity index (χ0) is 37.6. The third-order valence-corrected chi connectivity index (χ3v) is 15.4. The number of para-hydroxylation sites is 1. The number of furan rings is 1. The summed E-state index contributed by atoms with van der Waals surface area (Å²) in [5, 5.41) is 2.31. The molecule has 0 amide bonds. The summed E-state index contributed by atoms with van der Waals surface area (Å²) < 4.78 is 6.40. The van der Waals surface area contributed by atoms with Crippen LogP contribution in [0.3, 0.4) is 0 Å². The number of nitrogens with zero attached hydrogens (tertiary/aromatic N) is 1. The summed E-state index contributed by atoms with van der Waals surface area (Å²) in [6.07, 6.45) is 6.89. The summed E-state index contributed by atoms with van der Waals surface area (Å²) in [4.78, 5) is 2.58. The molecule has 1 heterocycles. The molecular formula is C55H45NO. The van der Waals surface area contributed by atoms with Crippen LogP contribution in [0.5, 0.6) is 0 Å². The maximum Gasteiger partial charge on any atom is 0.135 e. The summed E-state index contributed by atoms with van der Waals surface area (Å²) in [7, 11) is 0. The molecule has 6 aliphatic carbocycles. The molecule has 0 radical (unpaired) electrons. The molecule has 4 fully saturated rings. The third kappa shape index (κ3) is 4.26. The van der Waals surface area contributed by atoms with Crippen LogP contribution in [0.2, 0.25) is 0 Å². The van der Waals surface area contributed by atoms with E-state index >= 15 is 0 Å². The van der Waals surface area contributed by atoms with Gasteiger partial charge in [0.15, 0.2) is 0 Å². The highest BCUT2D eigenvalue weighted by Crippen LogP contribution is 2.70. The van der Waals surface area contributed by atoms with Crippen molar-refractivity contribution in [2.75, 3.05) is 4.90 Å². The fraction of sp³-hybridized carbons (Fsp3) is 0.236. The molecule has 4 bridgehead atoms. The first kappa shape index (κ1) is 32.2. The third-order valence-electron chi connectivity index (χ3n) is 15.4. The van der Waals surface area contributed by atoms with Gasteiger partial charge in [-0.25, -0.2) is 0 Å². The van der Waals surface area contributed by atoms with Gasteiger partial charge in [0.05, 0.1) is 5.69 Å². The van der Waals surface area contributed by atoms with Crippen LogP contribution in [-0.2, 0) is 10.8 Å². The van der Waals surface area contributed by atoms with Crippen molar-refractivity contribution in [1.29, 1.82) is 0 Å². The second-order valence-corrected chi connectivity index (χ2v) is 18.5. The zero-order valence-corrected chi connectivity index (χ0v) is 32.6. The van der Waals surface area contributed by atoms with Crippen LogP contribution in [0.4, 0.5) is 17.1 Å². The van der Waals surface area contributed by atoms with E-state index in [1.54, 1.807) is 11.1 Å². The Balaban J connectivity index is 1.09. The average molecular weight is 736 g/mol. The van der Waals surface area contributed by atoms with E-state index in [1.165, 1.54) is 88.0 Å². The van der Waals surface area contributed by atoms with Crippen LogP contribution in [0.1, 0.15) is 68.2 Å². The first-order valence-corrected chi connectivity index (χ1v) is 21.3. The number of hydrogen-bond donors (Lipinski definition) is 0. The largest absolute Gasteiger partial charge is 0.456 e. The Morgan fingerprint density at radius 2 is 1.16 bits per heavy atom. The number of anilines is 3. The molecule has 6 aliphatic rings. The Hall–Kier alpha value is -5.86. The molecule has 0 N–H and O–H groups in total. The van der Waals surface area contributed by atoms with Gasteiger partial charge >= 0.3 is 0 Å². The van der Waals surface area contributed by atoms with Gasteiger partial charge in [0.2, 0.25) is 0 Å². The van der Waals surface area contributed by atoms with Crippen LogP contribution in [-0.4, -0.2) is 0 Å². The standard InChI is InChI=1S/C55H45NO/c1-54(2)46-15-8-6-13-41(46)44-31-39(20-23-47(44)54)56(40-21-24-52-45(32-40)42-14-7-9-18-51(42)57-52)50-17-10-16-48-53(50)43-22-19-36(35-11-4-3-5-12-35)30-49(43)55(48)37-26-33-25-34(28-37)29-38(55)27-33/h3-24,30-34,37-38H,25-29H2,1-2H3. The van der Waals surface area contributed by atoms with Gasteiger partial charge in [0.1, 0.15) is 11.2 Å². The molecule has 8 aromatic rings. The van der Waals surface area contributed by atoms with Crippen LogP contribution >= 0.6 is 0 Å². The van der Waals surface area contributed by atoms with Crippen LogP contribution in [0.15, 0.2) is 156 Å². The predicted octanol–water partition coefficient (Wildman–Crippen LogP) is 14.8. The summed E-state index contributed by atoms with van der Waals surface area (Å²) in [5.41, 5.74) is 19.6. The molecular weight excluding hydrogens is 691 g/mol. The Labute approximate surface area is 334 Å². The zero-order valence-electron chi connectivity index (χ0n) is 32.6. The number of fused-ring (bicyclic) bond motifs is 9. The molecule has 4 saturated carbocycles. The lowest BCUT2D eigenvalue weighted by atomic mass is 9.43. The Kier molecular flexibility index (Phi) is 6.44. The quantitative estimate of drug-likeness (QED) is 0.179. The maximum absolute atomic E-state index is 6.40. The first-order chi connectivity index (χ1) is 28.0. The summed E-state index contributed by atoms with van der Waals surface area (Å²) in [5.74, 6) is 3.13. The van der Waals surface area contributed by atoms with E-state index in [1.807, 2.05) is 0 Å². The van der Waals surface area contributed by atoms with Crippen molar-refractivity contribution >= 4 is 39.0 Å². The molecule has 0 aliphatic heterocycles. The van der Waals surface area contributed by atoms with Crippen molar-refractivity contribution in [1.82, 2.24) is 0 Å². The van der Waals surface area contributed by atoms with Gasteiger partial charge in [0.25, 0.3) is 0 Å². The lowest BCUT2D eigenvalue weighted by molar-refractivity contribution is -0.0399. The van der Waals surface area contributed by atoms with Crippen molar-refractivity contribution in [2.45, 2.75) is 56.8 Å². The summed E-state index contributed by atoms with van der Waals surface area (Å²) in [6, 6.07) is 57.5. The second kappa shape index (κ2) is 11.4. The maximum atomic E-state index is 6.40. The van der Waals surface area contributed by atoms with Gasteiger partial charge < -0.3 is 9.32 Å². The molecule has 2 nitrogen and oxygen atoms in total. The van der Waals surface area contributed by atoms with Crippen LogP contribution in [0.25, 0.3) is 55.3 Å². The van der Waals surface area contributed by atoms with Gasteiger partial charge in [-0.3, -0.25) is 0 Å². The monoisotopic (exact) mass is 735 g/mol. The molecule has 1 spiro atoms. The van der Waals surface area contributed by atoms with E-state index in [2.05, 4.69) is 170 Å². The molecule has 57 heavy (non-hydrogen) atoms. The minimum Gasteiger partial charge on any atom is -0.456 e. The highest BCUT2D eigenvalue weighted by atomic mass is 16.3. The van der Waals surface area contributed by atoms with Crippen LogP contribution < -0.4 is 4.90 Å². The summed E-state index contributed by atoms with van der Waals surface area (Å²) >= 11 is 0. The Bertz CT molecular complexity index is 2940. The van der Waals surface area contributed by atoms with Crippen molar-refractivity contribution in [3.8, 4) is 33.4 Å². The van der Waals surface area contributed by atoms with Gasteiger partial charge in [-0.2, -0.15) is 0 Å². The highest BCUT2D eigenvalue weighted by Gasteiger charge is 2.62. The SMILES string of the molecule is CC1(C)c2ccccc2-c2cc(N(c3ccc4oc5ccccc5c4c3)c3cccc4c3-c3ccc(-c5ccccc5)cc3C43C4CC5CC(C4)CC3C5)ccc21. The van der Waals surface area contributed by atoms with Gasteiger partial charge in [-0.05, 0) is 154 Å². The predicted molar refractivity (Wildman–Crippen MR) is 235 cm³/mol. The molecule has 0 saturated heterocycles. The van der Waals surface area contributed by atoms with Gasteiger partial charge in [-0.1, -0.05) is 117 Å². The fourth-order valence-electron chi connectivity index (χ4n) is 13.3. The lowest BCUT2D eigenvalue weighted by Crippen LogP contribution is -2.55. The first-order valence-electron chi connectivity index (χ1n) is 21.3. The molecule has 14 rings (SSSR count). The van der Waals surface area contributed by atoms with E-state index in [4.69, 9.17) is 4.42 Å². The smallest absolute Gasteiger partial charge is 0.135 e. The number of hydrogen-bond acceptors (Lipinski definition) is 2.